The van der Waals surface area contributed by atoms with Crippen LogP contribution in [-0.2, 0) is 9.53 Å². The van der Waals surface area contributed by atoms with E-state index in [0.29, 0.717) is 17.3 Å². The predicted octanol–water partition coefficient (Wildman–Crippen LogP) is 9.91. The van der Waals surface area contributed by atoms with E-state index in [1.807, 2.05) is 0 Å². The van der Waals surface area contributed by atoms with Crippen LogP contribution >= 0.6 is 0 Å². The van der Waals surface area contributed by atoms with Crippen molar-refractivity contribution in [2.75, 3.05) is 0 Å². The molecule has 0 aromatic rings. The molecule has 0 radical (unpaired) electrons. The Morgan fingerprint density at radius 2 is 1.78 bits per heavy atom. The molecule has 0 aromatic heterocycles. The first kappa shape index (κ1) is 28.2. The largest absolute Gasteiger partial charge is 0.462 e. The number of carbonyl (C=O) groups is 1. The van der Waals surface area contributed by atoms with E-state index in [1.54, 1.807) is 5.57 Å². The van der Waals surface area contributed by atoms with Gasteiger partial charge in [-0.3, -0.25) is 4.79 Å². The van der Waals surface area contributed by atoms with Crippen molar-refractivity contribution in [1.82, 2.24) is 0 Å². The molecular formula is C34H58O2. The summed E-state index contributed by atoms with van der Waals surface area (Å²) in [5.74, 6) is 5.34. The molecule has 206 valence electrons. The minimum absolute atomic E-state index is 0.0435. The maximum absolute atomic E-state index is 12.4. The summed E-state index contributed by atoms with van der Waals surface area (Å²) in [6.45, 7) is 14.8. The number of unbranched alkanes of at least 4 members (excludes halogenated alkanes) is 3. The Morgan fingerprint density at radius 3 is 2.53 bits per heavy atom. The Balaban J connectivity index is 1.36. The maximum Gasteiger partial charge on any atom is 0.306 e. The van der Waals surface area contributed by atoms with E-state index >= 15 is 0 Å². The van der Waals surface area contributed by atoms with Gasteiger partial charge in [0.05, 0.1) is 0 Å². The molecular weight excluding hydrogens is 440 g/mol. The van der Waals surface area contributed by atoms with Crippen molar-refractivity contribution in [1.29, 1.82) is 0 Å². The highest BCUT2D eigenvalue weighted by Gasteiger charge is 2.59. The topological polar surface area (TPSA) is 26.3 Å². The minimum atomic E-state index is 0.0435. The molecule has 0 bridgehead atoms. The standard InChI is InChI=1S/C34H58O2/c1-7-8-9-10-14-32(35)36-27-19-21-33(5)26(23-27)15-16-28-30-18-17-29(25(4)13-11-12-24(2)3)34(30,6)22-20-31(28)33/h15,24-25,27-31H,7-14,16-23H2,1-6H3/t25-,27+,28+,29-,30+,31+,33+,34-/m1/s1. The predicted molar refractivity (Wildman–Crippen MR) is 152 cm³/mol. The first-order chi connectivity index (χ1) is 17.2. The molecule has 0 aliphatic heterocycles. The van der Waals surface area contributed by atoms with Crippen LogP contribution in [0.25, 0.3) is 0 Å². The summed E-state index contributed by atoms with van der Waals surface area (Å²) < 4.78 is 5.99. The van der Waals surface area contributed by atoms with Gasteiger partial charge in [-0.2, -0.15) is 0 Å². The Hall–Kier alpha value is -0.790. The second-order valence-electron chi connectivity index (χ2n) is 14.5. The monoisotopic (exact) mass is 498 g/mol. The molecule has 0 N–H and O–H groups in total. The summed E-state index contributed by atoms with van der Waals surface area (Å²) in [5.41, 5.74) is 2.54. The fourth-order valence-corrected chi connectivity index (χ4v) is 9.69. The summed E-state index contributed by atoms with van der Waals surface area (Å²) in [6, 6.07) is 0. The minimum Gasteiger partial charge on any atom is -0.462 e. The number of hydrogen-bond acceptors (Lipinski definition) is 2. The van der Waals surface area contributed by atoms with Crippen molar-refractivity contribution >= 4 is 5.97 Å². The lowest BCUT2D eigenvalue weighted by Crippen LogP contribution is -2.51. The Bertz CT molecular complexity index is 767. The molecule has 4 aliphatic rings. The van der Waals surface area contributed by atoms with Crippen molar-refractivity contribution in [3.8, 4) is 0 Å². The molecule has 2 nitrogen and oxygen atoms in total. The molecule has 0 amide bonds. The second-order valence-corrected chi connectivity index (χ2v) is 14.5. The molecule has 0 unspecified atom stereocenters. The quantitative estimate of drug-likeness (QED) is 0.161. The van der Waals surface area contributed by atoms with Gasteiger partial charge in [-0.05, 0) is 97.7 Å². The maximum atomic E-state index is 12.4. The lowest BCUT2D eigenvalue weighted by molar-refractivity contribution is -0.151. The third kappa shape index (κ3) is 5.78. The van der Waals surface area contributed by atoms with Gasteiger partial charge in [0.1, 0.15) is 6.10 Å². The van der Waals surface area contributed by atoms with Crippen LogP contribution in [0.15, 0.2) is 11.6 Å². The van der Waals surface area contributed by atoms with Crippen molar-refractivity contribution in [2.45, 2.75) is 150 Å². The van der Waals surface area contributed by atoms with Crippen LogP contribution in [0.4, 0.5) is 0 Å². The van der Waals surface area contributed by atoms with Gasteiger partial charge >= 0.3 is 5.97 Å². The van der Waals surface area contributed by atoms with E-state index in [-0.39, 0.29) is 12.1 Å². The number of carbonyl (C=O) groups excluding carboxylic acids is 1. The summed E-state index contributed by atoms with van der Waals surface area (Å²) in [5, 5.41) is 0. The molecule has 0 heterocycles. The average Bonchev–Trinajstić information content (AvgIpc) is 3.19. The molecule has 3 saturated carbocycles. The second kappa shape index (κ2) is 11.9. The lowest BCUT2D eigenvalue weighted by Gasteiger charge is -2.58. The first-order valence-corrected chi connectivity index (χ1v) is 16.1. The summed E-state index contributed by atoms with van der Waals surface area (Å²) in [6.07, 6.45) is 22.5. The van der Waals surface area contributed by atoms with Crippen LogP contribution in [0.3, 0.4) is 0 Å². The first-order valence-electron chi connectivity index (χ1n) is 16.1. The van der Waals surface area contributed by atoms with Crippen LogP contribution in [0.1, 0.15) is 144 Å². The van der Waals surface area contributed by atoms with Crippen molar-refractivity contribution < 1.29 is 9.53 Å². The molecule has 0 spiro atoms. The third-order valence-corrected chi connectivity index (χ3v) is 11.8. The Labute approximate surface area is 223 Å². The number of esters is 1. The number of hydrogen-bond donors (Lipinski definition) is 0. The summed E-state index contributed by atoms with van der Waals surface area (Å²) >= 11 is 0. The fourth-order valence-electron chi connectivity index (χ4n) is 9.69. The zero-order valence-corrected chi connectivity index (χ0v) is 24.7. The van der Waals surface area contributed by atoms with Crippen LogP contribution < -0.4 is 0 Å². The smallest absolute Gasteiger partial charge is 0.306 e. The van der Waals surface area contributed by atoms with Crippen LogP contribution in [0.2, 0.25) is 0 Å². The number of allylic oxidation sites excluding steroid dienone is 1. The fraction of sp³-hybridized carbons (Fsp3) is 0.912. The van der Waals surface area contributed by atoms with E-state index in [2.05, 4.69) is 47.6 Å². The highest BCUT2D eigenvalue weighted by atomic mass is 16.5. The van der Waals surface area contributed by atoms with E-state index in [1.165, 1.54) is 70.6 Å². The van der Waals surface area contributed by atoms with Gasteiger partial charge in [0.15, 0.2) is 0 Å². The molecule has 2 heteroatoms. The Morgan fingerprint density at radius 1 is 0.972 bits per heavy atom. The van der Waals surface area contributed by atoms with E-state index in [9.17, 15) is 4.79 Å². The van der Waals surface area contributed by atoms with E-state index < -0.39 is 0 Å². The number of ether oxygens (including phenoxy) is 1. The van der Waals surface area contributed by atoms with Gasteiger partial charge in [-0.25, -0.2) is 0 Å². The van der Waals surface area contributed by atoms with Gasteiger partial charge in [0.2, 0.25) is 0 Å². The summed E-state index contributed by atoms with van der Waals surface area (Å²) in [7, 11) is 0. The molecule has 4 aliphatic carbocycles. The van der Waals surface area contributed by atoms with Crippen LogP contribution in [-0.4, -0.2) is 12.1 Å². The molecule has 0 aromatic carbocycles. The van der Waals surface area contributed by atoms with Crippen molar-refractivity contribution in [3.63, 3.8) is 0 Å². The summed E-state index contributed by atoms with van der Waals surface area (Å²) in [4.78, 5) is 12.4. The number of fused-ring (bicyclic) bond motifs is 5. The zero-order valence-electron chi connectivity index (χ0n) is 24.7. The average molecular weight is 499 g/mol. The SMILES string of the molecule is CCCCCCC(=O)O[C@H]1CC[C@@]2(C)C(=CC[C@H]3[C@@H]4CC[C@H]([C@H](C)CCCC(C)C)[C@@]4(C)CC[C@@H]32)C1. The Kier molecular flexibility index (Phi) is 9.36. The van der Waals surface area contributed by atoms with Crippen LogP contribution in [0.5, 0.6) is 0 Å². The molecule has 0 saturated heterocycles. The van der Waals surface area contributed by atoms with Gasteiger partial charge < -0.3 is 4.74 Å². The number of rotatable bonds is 11. The van der Waals surface area contributed by atoms with E-state index in [4.69, 9.17) is 4.74 Å². The molecule has 4 rings (SSSR count). The van der Waals surface area contributed by atoms with Crippen molar-refractivity contribution in [2.24, 2.45) is 46.3 Å². The molecule has 8 atom stereocenters. The van der Waals surface area contributed by atoms with E-state index in [0.717, 1.165) is 61.2 Å². The van der Waals surface area contributed by atoms with Gasteiger partial charge in [-0.1, -0.05) is 91.7 Å². The third-order valence-electron chi connectivity index (χ3n) is 11.8. The van der Waals surface area contributed by atoms with Gasteiger partial charge in [0, 0.05) is 12.8 Å². The highest BCUT2D eigenvalue weighted by molar-refractivity contribution is 5.69. The lowest BCUT2D eigenvalue weighted by atomic mass is 9.47. The van der Waals surface area contributed by atoms with Crippen molar-refractivity contribution in [3.05, 3.63) is 11.6 Å². The highest BCUT2D eigenvalue weighted by Crippen LogP contribution is 2.67. The molecule has 3 fully saturated rings. The zero-order chi connectivity index (χ0) is 25.9. The van der Waals surface area contributed by atoms with Gasteiger partial charge in [-0.15, -0.1) is 0 Å². The molecule has 36 heavy (non-hydrogen) atoms. The van der Waals surface area contributed by atoms with Gasteiger partial charge in [0.25, 0.3) is 0 Å². The normalized spacial score (nSPS) is 38.6. The van der Waals surface area contributed by atoms with Crippen LogP contribution in [0, 0.1) is 46.3 Å².